The first-order valence-corrected chi connectivity index (χ1v) is 6.13. The van der Waals surface area contributed by atoms with Gasteiger partial charge in [-0.3, -0.25) is 4.79 Å². The zero-order chi connectivity index (χ0) is 11.5. The highest BCUT2D eigenvalue weighted by atomic mass is 32.2. The molecule has 0 aliphatic carbocycles. The van der Waals surface area contributed by atoms with Gasteiger partial charge >= 0.3 is 0 Å². The summed E-state index contributed by atoms with van der Waals surface area (Å²) in [6.07, 6.45) is 3.50. The molecule has 0 radical (unpaired) electrons. The molecule has 0 unspecified atom stereocenters. The minimum atomic E-state index is -0.0943. The van der Waals surface area contributed by atoms with Crippen LogP contribution in [0.5, 0.6) is 0 Å². The fraction of sp³-hybridized carbons (Fsp3) is 0.167. The standard InChI is InChI=1S/C12H12N2OS/c1-8-3-5-9(6-4-8)10-7-13-12(16-2)14-11(10)15/h3-7H,1-2H3,(H,13,14,15). The lowest BCUT2D eigenvalue weighted by atomic mass is 10.1. The van der Waals surface area contributed by atoms with Gasteiger partial charge in [-0.1, -0.05) is 41.6 Å². The van der Waals surface area contributed by atoms with Crippen LogP contribution in [0.4, 0.5) is 0 Å². The first-order chi connectivity index (χ1) is 7.70. The number of H-pyrrole nitrogens is 1. The monoisotopic (exact) mass is 232 g/mol. The highest BCUT2D eigenvalue weighted by Crippen LogP contribution is 2.15. The number of hydrogen-bond donors (Lipinski definition) is 1. The highest BCUT2D eigenvalue weighted by molar-refractivity contribution is 7.98. The highest BCUT2D eigenvalue weighted by Gasteiger charge is 2.04. The van der Waals surface area contributed by atoms with Gasteiger partial charge in [-0.15, -0.1) is 0 Å². The lowest BCUT2D eigenvalue weighted by molar-refractivity contribution is 0.943. The molecule has 0 atom stereocenters. The first-order valence-electron chi connectivity index (χ1n) is 4.91. The van der Waals surface area contributed by atoms with Crippen LogP contribution in [0.25, 0.3) is 11.1 Å². The van der Waals surface area contributed by atoms with E-state index in [1.807, 2.05) is 37.4 Å². The molecule has 1 heterocycles. The number of hydrogen-bond acceptors (Lipinski definition) is 3. The van der Waals surface area contributed by atoms with Gasteiger partial charge in [0.1, 0.15) is 0 Å². The van der Waals surface area contributed by atoms with Gasteiger partial charge in [0.2, 0.25) is 0 Å². The van der Waals surface area contributed by atoms with E-state index in [1.165, 1.54) is 17.3 Å². The third kappa shape index (κ3) is 2.17. The second-order valence-corrected chi connectivity index (χ2v) is 4.30. The molecule has 0 aliphatic heterocycles. The van der Waals surface area contributed by atoms with Crippen molar-refractivity contribution >= 4 is 11.8 Å². The molecule has 4 heteroatoms. The fourth-order valence-corrected chi connectivity index (χ4v) is 1.77. The number of aryl methyl sites for hydroxylation is 1. The minimum Gasteiger partial charge on any atom is -0.301 e. The maximum atomic E-state index is 11.8. The lowest BCUT2D eigenvalue weighted by Crippen LogP contribution is -2.10. The molecular formula is C12H12N2OS. The SMILES string of the molecule is CSc1ncc(-c2ccc(C)cc2)c(=O)[nH]1. The third-order valence-corrected chi connectivity index (χ3v) is 2.93. The molecule has 0 spiro atoms. The van der Waals surface area contributed by atoms with Crippen molar-refractivity contribution in [2.24, 2.45) is 0 Å². The van der Waals surface area contributed by atoms with Crippen LogP contribution in [0, 0.1) is 6.92 Å². The Hall–Kier alpha value is -1.55. The molecular weight excluding hydrogens is 220 g/mol. The Morgan fingerprint density at radius 2 is 1.94 bits per heavy atom. The van der Waals surface area contributed by atoms with Crippen LogP contribution in [-0.2, 0) is 0 Å². The van der Waals surface area contributed by atoms with E-state index in [9.17, 15) is 4.79 Å². The number of aromatic nitrogens is 2. The van der Waals surface area contributed by atoms with Gasteiger partial charge in [0, 0.05) is 6.20 Å². The molecule has 0 bridgehead atoms. The van der Waals surface area contributed by atoms with E-state index in [4.69, 9.17) is 0 Å². The van der Waals surface area contributed by atoms with Crippen LogP contribution in [-0.4, -0.2) is 16.2 Å². The average molecular weight is 232 g/mol. The summed E-state index contributed by atoms with van der Waals surface area (Å²) < 4.78 is 0. The summed E-state index contributed by atoms with van der Waals surface area (Å²) >= 11 is 1.42. The molecule has 1 aromatic carbocycles. The van der Waals surface area contributed by atoms with E-state index >= 15 is 0 Å². The van der Waals surface area contributed by atoms with Crippen LogP contribution in [0.3, 0.4) is 0 Å². The predicted molar refractivity (Wildman–Crippen MR) is 66.8 cm³/mol. The first kappa shape index (κ1) is 11.0. The molecule has 0 amide bonds. The van der Waals surface area contributed by atoms with Gasteiger partial charge in [0.25, 0.3) is 5.56 Å². The van der Waals surface area contributed by atoms with E-state index in [2.05, 4.69) is 9.97 Å². The number of benzene rings is 1. The number of nitrogens with zero attached hydrogens (tertiary/aromatic N) is 1. The Kier molecular flexibility index (Phi) is 3.10. The Bertz CT molecular complexity index is 546. The zero-order valence-electron chi connectivity index (χ0n) is 9.15. The largest absolute Gasteiger partial charge is 0.301 e. The fourth-order valence-electron chi connectivity index (χ4n) is 1.42. The Labute approximate surface area is 97.9 Å². The topological polar surface area (TPSA) is 45.8 Å². The van der Waals surface area contributed by atoms with E-state index in [-0.39, 0.29) is 5.56 Å². The number of nitrogens with one attached hydrogen (secondary N) is 1. The van der Waals surface area contributed by atoms with Gasteiger partial charge in [-0.2, -0.15) is 0 Å². The van der Waals surface area contributed by atoms with Crippen LogP contribution in [0.15, 0.2) is 40.4 Å². The molecule has 0 aliphatic rings. The Morgan fingerprint density at radius 3 is 2.50 bits per heavy atom. The van der Waals surface area contributed by atoms with Crippen molar-refractivity contribution in [3.05, 3.63) is 46.4 Å². The van der Waals surface area contributed by atoms with Crippen molar-refractivity contribution in [3.63, 3.8) is 0 Å². The van der Waals surface area contributed by atoms with Crippen molar-refractivity contribution < 1.29 is 0 Å². The molecule has 2 aromatic rings. The molecule has 1 aromatic heterocycles. The summed E-state index contributed by atoms with van der Waals surface area (Å²) in [5, 5.41) is 0.640. The van der Waals surface area contributed by atoms with Gasteiger partial charge in [-0.05, 0) is 18.7 Å². The van der Waals surface area contributed by atoms with Crippen molar-refractivity contribution in [2.45, 2.75) is 12.1 Å². The van der Waals surface area contributed by atoms with Crippen molar-refractivity contribution in [3.8, 4) is 11.1 Å². The second kappa shape index (κ2) is 4.53. The van der Waals surface area contributed by atoms with Crippen molar-refractivity contribution in [1.82, 2.24) is 9.97 Å². The molecule has 1 N–H and O–H groups in total. The normalized spacial score (nSPS) is 10.4. The van der Waals surface area contributed by atoms with Crippen LogP contribution in [0.1, 0.15) is 5.56 Å². The van der Waals surface area contributed by atoms with Gasteiger partial charge in [0.15, 0.2) is 5.16 Å². The second-order valence-electron chi connectivity index (χ2n) is 3.50. The maximum Gasteiger partial charge on any atom is 0.259 e. The molecule has 0 fully saturated rings. The van der Waals surface area contributed by atoms with Gasteiger partial charge in [-0.25, -0.2) is 4.98 Å². The number of aromatic amines is 1. The average Bonchev–Trinajstić information content (AvgIpc) is 2.30. The van der Waals surface area contributed by atoms with Crippen LogP contribution in [0.2, 0.25) is 0 Å². The molecule has 3 nitrogen and oxygen atoms in total. The summed E-state index contributed by atoms with van der Waals surface area (Å²) in [6, 6.07) is 7.83. The summed E-state index contributed by atoms with van der Waals surface area (Å²) in [7, 11) is 0. The molecule has 0 saturated carbocycles. The quantitative estimate of drug-likeness (QED) is 0.639. The Morgan fingerprint density at radius 1 is 1.25 bits per heavy atom. The summed E-state index contributed by atoms with van der Waals surface area (Å²) in [5.41, 5.74) is 2.59. The summed E-state index contributed by atoms with van der Waals surface area (Å²) in [6.45, 7) is 2.02. The number of rotatable bonds is 2. The van der Waals surface area contributed by atoms with E-state index in [0.717, 1.165) is 5.56 Å². The predicted octanol–water partition coefficient (Wildman–Crippen LogP) is 2.47. The van der Waals surface area contributed by atoms with Crippen LogP contribution < -0.4 is 5.56 Å². The smallest absolute Gasteiger partial charge is 0.259 e. The van der Waals surface area contributed by atoms with Crippen molar-refractivity contribution in [2.75, 3.05) is 6.26 Å². The van der Waals surface area contributed by atoms with Gasteiger partial charge in [0.05, 0.1) is 5.56 Å². The molecule has 16 heavy (non-hydrogen) atoms. The Balaban J connectivity index is 2.48. The van der Waals surface area contributed by atoms with E-state index < -0.39 is 0 Å². The minimum absolute atomic E-state index is 0.0943. The van der Waals surface area contributed by atoms with E-state index in [0.29, 0.717) is 10.7 Å². The lowest BCUT2D eigenvalue weighted by Gasteiger charge is -2.01. The molecule has 2 rings (SSSR count). The van der Waals surface area contributed by atoms with Crippen LogP contribution >= 0.6 is 11.8 Å². The summed E-state index contributed by atoms with van der Waals surface area (Å²) in [5.74, 6) is 0. The summed E-state index contributed by atoms with van der Waals surface area (Å²) in [4.78, 5) is 18.7. The number of thioether (sulfide) groups is 1. The molecule has 82 valence electrons. The van der Waals surface area contributed by atoms with Crippen molar-refractivity contribution in [1.29, 1.82) is 0 Å². The molecule has 0 saturated heterocycles. The maximum absolute atomic E-state index is 11.8. The third-order valence-electron chi connectivity index (χ3n) is 2.33. The van der Waals surface area contributed by atoms with Gasteiger partial charge < -0.3 is 4.98 Å². The zero-order valence-corrected chi connectivity index (χ0v) is 9.97. The van der Waals surface area contributed by atoms with E-state index in [1.54, 1.807) is 6.20 Å².